The molecule has 0 radical (unpaired) electrons. The van der Waals surface area contributed by atoms with Gasteiger partial charge in [0.2, 0.25) is 0 Å². The molecule has 0 unspecified atom stereocenters. The normalized spacial score (nSPS) is 10.6. The van der Waals surface area contributed by atoms with Crippen LogP contribution in [0.25, 0.3) is 0 Å². The number of nitrogens with one attached hydrogen (secondary N) is 1. The molecule has 2 heteroatoms. The first-order valence-corrected chi connectivity index (χ1v) is 6.17. The highest BCUT2D eigenvalue weighted by Gasteiger charge is 2.03. The third-order valence-electron chi connectivity index (χ3n) is 3.22. The Hall–Kier alpha value is -1.67. The molecule has 0 bridgehead atoms. The van der Waals surface area contributed by atoms with Crippen LogP contribution in [0.4, 0.5) is 4.39 Å². The molecule has 0 fully saturated rings. The van der Waals surface area contributed by atoms with Crippen molar-refractivity contribution in [1.82, 2.24) is 5.32 Å². The SMILES string of the molecule is Cc1cccc(C)c1CNCc1ccccc1F. The monoisotopic (exact) mass is 243 g/mol. The van der Waals surface area contributed by atoms with E-state index in [0.717, 1.165) is 6.54 Å². The van der Waals surface area contributed by atoms with Gasteiger partial charge in [0.1, 0.15) is 5.82 Å². The van der Waals surface area contributed by atoms with Gasteiger partial charge in [-0.05, 0) is 36.6 Å². The minimum Gasteiger partial charge on any atom is -0.308 e. The van der Waals surface area contributed by atoms with Crippen molar-refractivity contribution in [2.45, 2.75) is 26.9 Å². The number of halogens is 1. The molecule has 2 aromatic rings. The van der Waals surface area contributed by atoms with Gasteiger partial charge in [0, 0.05) is 18.7 Å². The van der Waals surface area contributed by atoms with E-state index in [4.69, 9.17) is 0 Å². The summed E-state index contributed by atoms with van der Waals surface area (Å²) in [6.45, 7) is 5.54. The number of benzene rings is 2. The smallest absolute Gasteiger partial charge is 0.127 e. The first-order valence-electron chi connectivity index (χ1n) is 6.17. The quantitative estimate of drug-likeness (QED) is 0.862. The third-order valence-corrected chi connectivity index (χ3v) is 3.22. The molecule has 0 saturated carbocycles. The first kappa shape index (κ1) is 12.8. The highest BCUT2D eigenvalue weighted by Crippen LogP contribution is 2.13. The fourth-order valence-corrected chi connectivity index (χ4v) is 2.09. The average molecular weight is 243 g/mol. The largest absolute Gasteiger partial charge is 0.308 e. The topological polar surface area (TPSA) is 12.0 Å². The molecule has 0 heterocycles. The number of rotatable bonds is 4. The Morgan fingerprint density at radius 2 is 1.56 bits per heavy atom. The molecule has 0 aliphatic carbocycles. The summed E-state index contributed by atoms with van der Waals surface area (Å²) in [5.41, 5.74) is 4.56. The lowest BCUT2D eigenvalue weighted by atomic mass is 10.0. The standard InChI is InChI=1S/C16H18FN/c1-12-6-5-7-13(2)15(12)11-18-10-14-8-3-4-9-16(14)17/h3-9,18H,10-11H2,1-2H3. The van der Waals surface area contributed by atoms with Crippen LogP contribution in [0, 0.1) is 19.7 Å². The molecule has 18 heavy (non-hydrogen) atoms. The van der Waals surface area contributed by atoms with E-state index in [1.807, 2.05) is 12.1 Å². The molecule has 0 atom stereocenters. The van der Waals surface area contributed by atoms with Crippen molar-refractivity contribution in [3.8, 4) is 0 Å². The zero-order valence-corrected chi connectivity index (χ0v) is 10.8. The molecule has 0 amide bonds. The van der Waals surface area contributed by atoms with Crippen molar-refractivity contribution in [2.24, 2.45) is 0 Å². The Bertz CT molecular complexity index is 514. The van der Waals surface area contributed by atoms with Crippen molar-refractivity contribution >= 4 is 0 Å². The van der Waals surface area contributed by atoms with E-state index in [2.05, 4.69) is 37.4 Å². The fourth-order valence-electron chi connectivity index (χ4n) is 2.09. The van der Waals surface area contributed by atoms with Crippen LogP contribution in [-0.4, -0.2) is 0 Å². The summed E-state index contributed by atoms with van der Waals surface area (Å²) in [6.07, 6.45) is 0. The summed E-state index contributed by atoms with van der Waals surface area (Å²) in [6, 6.07) is 13.2. The van der Waals surface area contributed by atoms with Crippen LogP contribution in [0.3, 0.4) is 0 Å². The zero-order valence-electron chi connectivity index (χ0n) is 10.8. The summed E-state index contributed by atoms with van der Waals surface area (Å²) in [4.78, 5) is 0. The van der Waals surface area contributed by atoms with Crippen molar-refractivity contribution in [1.29, 1.82) is 0 Å². The summed E-state index contributed by atoms with van der Waals surface area (Å²) >= 11 is 0. The van der Waals surface area contributed by atoms with Crippen molar-refractivity contribution < 1.29 is 4.39 Å². The van der Waals surface area contributed by atoms with Gasteiger partial charge < -0.3 is 5.32 Å². The minimum atomic E-state index is -0.147. The van der Waals surface area contributed by atoms with Crippen LogP contribution in [0.2, 0.25) is 0 Å². The van der Waals surface area contributed by atoms with E-state index in [9.17, 15) is 4.39 Å². The van der Waals surface area contributed by atoms with E-state index < -0.39 is 0 Å². The second kappa shape index (κ2) is 5.78. The Kier molecular flexibility index (Phi) is 4.11. The van der Waals surface area contributed by atoms with Crippen LogP contribution >= 0.6 is 0 Å². The molecular weight excluding hydrogens is 225 g/mol. The summed E-state index contributed by atoms with van der Waals surface area (Å²) in [5.74, 6) is -0.147. The molecule has 0 aliphatic heterocycles. The molecule has 1 N–H and O–H groups in total. The van der Waals surface area contributed by atoms with Gasteiger partial charge in [0.05, 0.1) is 0 Å². The second-order valence-electron chi connectivity index (χ2n) is 4.57. The van der Waals surface area contributed by atoms with Crippen LogP contribution in [0.1, 0.15) is 22.3 Å². The average Bonchev–Trinajstić information content (AvgIpc) is 2.35. The molecule has 0 aromatic heterocycles. The summed E-state index contributed by atoms with van der Waals surface area (Å²) in [5, 5.41) is 3.30. The van der Waals surface area contributed by atoms with Gasteiger partial charge >= 0.3 is 0 Å². The van der Waals surface area contributed by atoms with Gasteiger partial charge in [0.15, 0.2) is 0 Å². The van der Waals surface area contributed by atoms with Crippen LogP contribution in [0.15, 0.2) is 42.5 Å². The molecule has 2 aromatic carbocycles. The van der Waals surface area contributed by atoms with Crippen molar-refractivity contribution in [3.05, 3.63) is 70.5 Å². The van der Waals surface area contributed by atoms with Gasteiger partial charge in [-0.1, -0.05) is 36.4 Å². The number of hydrogen-bond donors (Lipinski definition) is 1. The zero-order chi connectivity index (χ0) is 13.0. The molecule has 1 nitrogen and oxygen atoms in total. The molecular formula is C16H18FN. The summed E-state index contributed by atoms with van der Waals surface area (Å²) in [7, 11) is 0. The molecule has 0 aliphatic rings. The summed E-state index contributed by atoms with van der Waals surface area (Å²) < 4.78 is 13.4. The number of aryl methyl sites for hydroxylation is 2. The highest BCUT2D eigenvalue weighted by atomic mass is 19.1. The second-order valence-corrected chi connectivity index (χ2v) is 4.57. The number of hydrogen-bond acceptors (Lipinski definition) is 1. The van der Waals surface area contributed by atoms with Gasteiger partial charge in [-0.25, -0.2) is 4.39 Å². The van der Waals surface area contributed by atoms with E-state index in [0.29, 0.717) is 12.1 Å². The Morgan fingerprint density at radius 3 is 2.22 bits per heavy atom. The lowest BCUT2D eigenvalue weighted by molar-refractivity contribution is 0.587. The van der Waals surface area contributed by atoms with Crippen molar-refractivity contribution in [2.75, 3.05) is 0 Å². The maximum Gasteiger partial charge on any atom is 0.127 e. The van der Waals surface area contributed by atoms with Crippen molar-refractivity contribution in [3.63, 3.8) is 0 Å². The lowest BCUT2D eigenvalue weighted by Gasteiger charge is -2.11. The molecule has 0 saturated heterocycles. The molecule has 2 rings (SSSR count). The van der Waals surface area contributed by atoms with E-state index >= 15 is 0 Å². The maximum absolute atomic E-state index is 13.4. The predicted octanol–water partition coefficient (Wildman–Crippen LogP) is 3.73. The maximum atomic E-state index is 13.4. The molecule has 94 valence electrons. The molecule has 0 spiro atoms. The van der Waals surface area contributed by atoms with Gasteiger partial charge in [-0.15, -0.1) is 0 Å². The highest BCUT2D eigenvalue weighted by molar-refractivity contribution is 5.33. The van der Waals surface area contributed by atoms with E-state index in [1.54, 1.807) is 6.07 Å². The third kappa shape index (κ3) is 2.96. The first-order chi connectivity index (χ1) is 8.68. The van der Waals surface area contributed by atoms with Crippen LogP contribution < -0.4 is 5.32 Å². The van der Waals surface area contributed by atoms with Gasteiger partial charge in [-0.2, -0.15) is 0 Å². The lowest BCUT2D eigenvalue weighted by Crippen LogP contribution is -2.15. The minimum absolute atomic E-state index is 0.147. The van der Waals surface area contributed by atoms with E-state index in [-0.39, 0.29) is 5.82 Å². The Morgan fingerprint density at radius 1 is 0.889 bits per heavy atom. The Balaban J connectivity index is 1.99. The van der Waals surface area contributed by atoms with Crippen LogP contribution in [0.5, 0.6) is 0 Å². The van der Waals surface area contributed by atoms with Crippen LogP contribution in [-0.2, 0) is 13.1 Å². The van der Waals surface area contributed by atoms with E-state index in [1.165, 1.54) is 22.8 Å². The van der Waals surface area contributed by atoms with Gasteiger partial charge in [0.25, 0.3) is 0 Å². The van der Waals surface area contributed by atoms with Gasteiger partial charge in [-0.3, -0.25) is 0 Å². The predicted molar refractivity (Wildman–Crippen MR) is 72.9 cm³/mol. The fraction of sp³-hybridized carbons (Fsp3) is 0.250. The Labute approximate surface area is 108 Å².